The second-order valence-electron chi connectivity index (χ2n) is 7.11. The van der Waals surface area contributed by atoms with Gasteiger partial charge in [0.05, 0.1) is 16.6 Å². The minimum atomic E-state index is 0. The quantitative estimate of drug-likeness (QED) is 0.903. The molecule has 0 spiro atoms. The number of aromatic nitrogens is 2. The largest absolute Gasteiger partial charge is 0.339 e. The Morgan fingerprint density at radius 3 is 2.68 bits per heavy atom. The Morgan fingerprint density at radius 2 is 2.04 bits per heavy atom. The zero-order valence-electron chi connectivity index (χ0n) is 14.7. The molecule has 1 saturated heterocycles. The van der Waals surface area contributed by atoms with Gasteiger partial charge in [0.1, 0.15) is 0 Å². The highest BCUT2D eigenvalue weighted by Crippen LogP contribution is 2.40. The van der Waals surface area contributed by atoms with Crippen molar-refractivity contribution in [3.8, 4) is 0 Å². The highest BCUT2D eigenvalue weighted by Gasteiger charge is 2.31. The van der Waals surface area contributed by atoms with Crippen molar-refractivity contribution in [2.45, 2.75) is 38.5 Å². The first-order valence-corrected chi connectivity index (χ1v) is 8.88. The smallest absolute Gasteiger partial charge is 0.259 e. The second kappa shape index (κ2) is 7.30. The number of nitrogens with zero attached hydrogens (tertiary/aromatic N) is 3. The number of piperidine rings is 1. The molecular weight excluding hydrogens is 340 g/mol. The predicted octanol–water partition coefficient (Wildman–Crippen LogP) is 2.90. The highest BCUT2D eigenvalue weighted by atomic mass is 35.5. The zero-order valence-corrected chi connectivity index (χ0v) is 15.6. The number of fused-ring (bicyclic) bond motifs is 1. The molecule has 4 rings (SSSR count). The maximum absolute atomic E-state index is 13.1. The number of likely N-dealkylation sites (tertiary alicyclic amines) is 1. The van der Waals surface area contributed by atoms with Gasteiger partial charge in [0, 0.05) is 24.7 Å². The van der Waals surface area contributed by atoms with Crippen molar-refractivity contribution in [1.82, 2.24) is 20.4 Å². The summed E-state index contributed by atoms with van der Waals surface area (Å²) in [5.41, 5.74) is 2.94. The maximum Gasteiger partial charge on any atom is 0.259 e. The van der Waals surface area contributed by atoms with Crippen LogP contribution >= 0.6 is 12.4 Å². The van der Waals surface area contributed by atoms with Crippen molar-refractivity contribution >= 4 is 29.4 Å². The van der Waals surface area contributed by atoms with Gasteiger partial charge in [-0.1, -0.05) is 5.16 Å². The van der Waals surface area contributed by atoms with Crippen LogP contribution in [-0.2, 0) is 0 Å². The fraction of sp³-hybridized carbons (Fsp3) is 0.611. The Bertz CT molecular complexity index is 764. The van der Waals surface area contributed by atoms with E-state index in [0.29, 0.717) is 23.1 Å². The van der Waals surface area contributed by atoms with Crippen LogP contribution < -0.4 is 5.32 Å². The van der Waals surface area contributed by atoms with E-state index in [2.05, 4.69) is 15.5 Å². The third kappa shape index (κ3) is 3.51. The number of carbonyl (C=O) groups excluding carboxylic acids is 1. The molecule has 0 radical (unpaired) electrons. The molecule has 7 heteroatoms. The monoisotopic (exact) mass is 364 g/mol. The van der Waals surface area contributed by atoms with Crippen LogP contribution in [0.4, 0.5) is 0 Å². The molecule has 0 atom stereocenters. The fourth-order valence-corrected chi connectivity index (χ4v) is 3.67. The lowest BCUT2D eigenvalue weighted by Gasteiger charge is -2.32. The summed E-state index contributed by atoms with van der Waals surface area (Å²) in [6, 6.07) is 1.98. The summed E-state index contributed by atoms with van der Waals surface area (Å²) in [5.74, 6) is 1.24. The van der Waals surface area contributed by atoms with E-state index >= 15 is 0 Å². The Morgan fingerprint density at radius 1 is 1.32 bits per heavy atom. The fourth-order valence-electron chi connectivity index (χ4n) is 3.67. The van der Waals surface area contributed by atoms with Crippen LogP contribution in [0, 0.1) is 12.8 Å². The minimum absolute atomic E-state index is 0. The van der Waals surface area contributed by atoms with Crippen LogP contribution in [0.1, 0.15) is 53.3 Å². The van der Waals surface area contributed by atoms with E-state index in [9.17, 15) is 4.79 Å². The van der Waals surface area contributed by atoms with Crippen molar-refractivity contribution in [2.75, 3.05) is 26.7 Å². The van der Waals surface area contributed by atoms with Gasteiger partial charge in [0.2, 0.25) is 0 Å². The Labute approximate surface area is 153 Å². The van der Waals surface area contributed by atoms with Crippen LogP contribution in [0.5, 0.6) is 0 Å². The van der Waals surface area contributed by atoms with Gasteiger partial charge in [-0.2, -0.15) is 0 Å². The molecule has 1 amide bonds. The Balaban J connectivity index is 0.00000182. The molecule has 0 unspecified atom stereocenters. The first kappa shape index (κ1) is 18.1. The van der Waals surface area contributed by atoms with Gasteiger partial charge in [0.25, 0.3) is 11.6 Å². The molecule has 0 bridgehead atoms. The number of halogens is 1. The van der Waals surface area contributed by atoms with E-state index in [1.807, 2.05) is 24.9 Å². The van der Waals surface area contributed by atoms with Crippen LogP contribution in [0.3, 0.4) is 0 Å². The third-order valence-electron chi connectivity index (χ3n) is 5.26. The predicted molar refractivity (Wildman–Crippen MR) is 98.3 cm³/mol. The second-order valence-corrected chi connectivity index (χ2v) is 7.11. The van der Waals surface area contributed by atoms with Crippen molar-refractivity contribution in [1.29, 1.82) is 0 Å². The average Bonchev–Trinajstić information content (AvgIpc) is 3.39. The normalized spacial score (nSPS) is 18.4. The molecule has 1 aliphatic carbocycles. The number of carbonyl (C=O) groups is 1. The number of nitrogens with one attached hydrogen (secondary N) is 1. The van der Waals surface area contributed by atoms with E-state index in [-0.39, 0.29) is 18.3 Å². The lowest BCUT2D eigenvalue weighted by atomic mass is 9.96. The first-order chi connectivity index (χ1) is 11.7. The van der Waals surface area contributed by atoms with Crippen LogP contribution in [-0.4, -0.2) is 47.6 Å². The summed E-state index contributed by atoms with van der Waals surface area (Å²) in [4.78, 5) is 19.7. The number of amides is 1. The third-order valence-corrected chi connectivity index (χ3v) is 5.26. The molecule has 2 aromatic heterocycles. The van der Waals surface area contributed by atoms with Crippen molar-refractivity contribution < 1.29 is 9.32 Å². The summed E-state index contributed by atoms with van der Waals surface area (Å²) in [6.45, 7) is 4.54. The van der Waals surface area contributed by atoms with E-state index in [0.717, 1.165) is 62.1 Å². The van der Waals surface area contributed by atoms with Crippen LogP contribution in [0.15, 0.2) is 10.6 Å². The lowest BCUT2D eigenvalue weighted by molar-refractivity contribution is 0.0692. The molecule has 0 aromatic carbocycles. The van der Waals surface area contributed by atoms with Crippen molar-refractivity contribution in [3.05, 3.63) is 23.0 Å². The number of hydrogen-bond donors (Lipinski definition) is 1. The molecule has 25 heavy (non-hydrogen) atoms. The molecule has 2 aromatic rings. The first-order valence-electron chi connectivity index (χ1n) is 8.88. The van der Waals surface area contributed by atoms with E-state index in [1.165, 1.54) is 0 Å². The minimum Gasteiger partial charge on any atom is -0.339 e. The molecule has 1 N–H and O–H groups in total. The Kier molecular flexibility index (Phi) is 5.29. The van der Waals surface area contributed by atoms with E-state index in [1.54, 1.807) is 0 Å². The molecule has 6 nitrogen and oxygen atoms in total. The summed E-state index contributed by atoms with van der Waals surface area (Å²) in [5, 5.41) is 8.04. The van der Waals surface area contributed by atoms with Crippen LogP contribution in [0.25, 0.3) is 11.1 Å². The molecule has 136 valence electrons. The van der Waals surface area contributed by atoms with E-state index in [4.69, 9.17) is 4.52 Å². The van der Waals surface area contributed by atoms with Crippen molar-refractivity contribution in [3.63, 3.8) is 0 Å². The number of pyridine rings is 1. The van der Waals surface area contributed by atoms with Gasteiger partial charge in [-0.05, 0) is 58.2 Å². The number of aryl methyl sites for hydroxylation is 1. The number of rotatable bonds is 4. The SMILES string of the molecule is CNCC1CCN(C(=O)c2cc(C3CC3)nc3onc(C)c23)CC1.Cl. The molecular formula is C18H25ClN4O2. The van der Waals surface area contributed by atoms with Gasteiger partial charge in [-0.15, -0.1) is 12.4 Å². The maximum atomic E-state index is 13.1. The lowest BCUT2D eigenvalue weighted by Crippen LogP contribution is -2.40. The van der Waals surface area contributed by atoms with Gasteiger partial charge in [-0.25, -0.2) is 4.98 Å². The van der Waals surface area contributed by atoms with Crippen molar-refractivity contribution in [2.24, 2.45) is 5.92 Å². The van der Waals surface area contributed by atoms with Crippen LogP contribution in [0.2, 0.25) is 0 Å². The molecule has 2 fully saturated rings. The highest BCUT2D eigenvalue weighted by molar-refractivity contribution is 6.06. The standard InChI is InChI=1S/C18H24N4O2.ClH/c1-11-16-14(9-15(13-3-4-13)20-17(16)24-21-11)18(23)22-7-5-12(6-8-22)10-19-2;/h9,12-13,19H,3-8,10H2,1-2H3;1H. The van der Waals surface area contributed by atoms with Gasteiger partial charge >= 0.3 is 0 Å². The van der Waals surface area contributed by atoms with E-state index < -0.39 is 0 Å². The molecule has 2 aliphatic rings. The summed E-state index contributed by atoms with van der Waals surface area (Å²) < 4.78 is 5.35. The summed E-state index contributed by atoms with van der Waals surface area (Å²) in [6.07, 6.45) is 4.40. The van der Waals surface area contributed by atoms with Gasteiger partial charge < -0.3 is 14.7 Å². The topological polar surface area (TPSA) is 71.3 Å². The average molecular weight is 365 g/mol. The number of hydrogen-bond acceptors (Lipinski definition) is 5. The summed E-state index contributed by atoms with van der Waals surface area (Å²) >= 11 is 0. The molecule has 1 aliphatic heterocycles. The summed E-state index contributed by atoms with van der Waals surface area (Å²) in [7, 11) is 1.99. The van der Waals surface area contributed by atoms with Gasteiger partial charge in [-0.3, -0.25) is 4.79 Å². The molecule has 1 saturated carbocycles. The molecule has 3 heterocycles. The van der Waals surface area contributed by atoms with Gasteiger partial charge in [0.15, 0.2) is 0 Å². The Hall–Kier alpha value is -1.66. The zero-order chi connectivity index (χ0) is 16.7.